The first-order valence-corrected chi connectivity index (χ1v) is 7.97. The van der Waals surface area contributed by atoms with E-state index in [9.17, 15) is 4.79 Å². The van der Waals surface area contributed by atoms with Gasteiger partial charge in [-0.3, -0.25) is 0 Å². The van der Waals surface area contributed by atoms with Crippen LogP contribution in [-0.2, 0) is 9.53 Å². The predicted octanol–water partition coefficient (Wildman–Crippen LogP) is 2.78. The third-order valence-corrected chi connectivity index (χ3v) is 4.01. The first-order chi connectivity index (χ1) is 10.1. The van der Waals surface area contributed by atoms with Gasteiger partial charge in [0.1, 0.15) is 0 Å². The molecule has 0 bridgehead atoms. The molecule has 2 rings (SSSR count). The van der Waals surface area contributed by atoms with Gasteiger partial charge in [-0.15, -0.1) is 0 Å². The molecular weight excluding hydrogens is 332 g/mol. The molecule has 4 nitrogen and oxygen atoms in total. The molecule has 0 saturated carbocycles. The molecule has 0 aromatic heterocycles. The number of rotatable bonds is 4. The lowest BCUT2D eigenvalue weighted by Gasteiger charge is -2.35. The van der Waals surface area contributed by atoms with Gasteiger partial charge in [-0.05, 0) is 43.8 Å². The number of carbonyl (C=O) groups is 1. The molecule has 5 heteroatoms. The Hall–Kier alpha value is -1.33. The van der Waals surface area contributed by atoms with Crippen LogP contribution in [0.1, 0.15) is 12.5 Å². The van der Waals surface area contributed by atoms with Crippen molar-refractivity contribution in [2.24, 2.45) is 0 Å². The third-order valence-electron chi connectivity index (χ3n) is 3.52. The predicted molar refractivity (Wildman–Crippen MR) is 89.5 cm³/mol. The number of piperazine rings is 1. The number of anilines is 1. The summed E-state index contributed by atoms with van der Waals surface area (Å²) >= 11 is 3.49. The SMILES string of the molecule is CCOC(=O)C=Cc1cc(Br)ccc1N1CCN(C)CC1. The fraction of sp³-hybridized carbons (Fsp3) is 0.438. The van der Waals surface area contributed by atoms with E-state index in [0.29, 0.717) is 6.61 Å². The average Bonchev–Trinajstić information content (AvgIpc) is 2.47. The highest BCUT2D eigenvalue weighted by molar-refractivity contribution is 9.10. The molecular formula is C16H21BrN2O2. The average molecular weight is 353 g/mol. The van der Waals surface area contributed by atoms with Crippen molar-refractivity contribution in [3.05, 3.63) is 34.3 Å². The first-order valence-electron chi connectivity index (χ1n) is 7.18. The summed E-state index contributed by atoms with van der Waals surface area (Å²) in [6.45, 7) is 6.30. The molecule has 0 N–H and O–H groups in total. The minimum absolute atomic E-state index is 0.304. The zero-order chi connectivity index (χ0) is 15.2. The number of hydrogen-bond donors (Lipinski definition) is 0. The number of nitrogens with zero attached hydrogens (tertiary/aromatic N) is 2. The van der Waals surface area contributed by atoms with E-state index < -0.39 is 0 Å². The van der Waals surface area contributed by atoms with Crippen molar-refractivity contribution < 1.29 is 9.53 Å². The van der Waals surface area contributed by atoms with Crippen LogP contribution in [0, 0.1) is 0 Å². The van der Waals surface area contributed by atoms with Crippen LogP contribution in [-0.4, -0.2) is 50.7 Å². The van der Waals surface area contributed by atoms with Crippen molar-refractivity contribution in [2.75, 3.05) is 44.7 Å². The topological polar surface area (TPSA) is 32.8 Å². The van der Waals surface area contributed by atoms with Crippen molar-refractivity contribution in [2.45, 2.75) is 6.92 Å². The Morgan fingerprint density at radius 2 is 2.05 bits per heavy atom. The van der Waals surface area contributed by atoms with E-state index in [1.807, 2.05) is 18.2 Å². The van der Waals surface area contributed by atoms with E-state index in [1.54, 1.807) is 6.92 Å². The molecule has 0 amide bonds. The minimum atomic E-state index is -0.304. The van der Waals surface area contributed by atoms with Crippen molar-refractivity contribution in [3.8, 4) is 0 Å². The van der Waals surface area contributed by atoms with E-state index in [4.69, 9.17) is 4.74 Å². The third kappa shape index (κ3) is 4.58. The van der Waals surface area contributed by atoms with Crippen LogP contribution in [0.15, 0.2) is 28.7 Å². The molecule has 1 aromatic carbocycles. The van der Waals surface area contributed by atoms with Gasteiger partial charge < -0.3 is 14.5 Å². The summed E-state index contributed by atoms with van der Waals surface area (Å²) in [7, 11) is 2.14. The normalized spacial score (nSPS) is 16.4. The summed E-state index contributed by atoms with van der Waals surface area (Å²) in [5.74, 6) is -0.304. The van der Waals surface area contributed by atoms with Crippen LogP contribution in [0.5, 0.6) is 0 Å². The number of ether oxygens (including phenoxy) is 1. The number of benzene rings is 1. The van der Waals surface area contributed by atoms with Crippen LogP contribution >= 0.6 is 15.9 Å². The lowest BCUT2D eigenvalue weighted by molar-refractivity contribution is -0.137. The largest absolute Gasteiger partial charge is 0.463 e. The summed E-state index contributed by atoms with van der Waals surface area (Å²) in [6.07, 6.45) is 3.32. The van der Waals surface area contributed by atoms with Gasteiger partial charge in [0.25, 0.3) is 0 Å². The summed E-state index contributed by atoms with van der Waals surface area (Å²) in [6, 6.07) is 6.17. The fourth-order valence-corrected chi connectivity index (χ4v) is 2.72. The molecule has 21 heavy (non-hydrogen) atoms. The quantitative estimate of drug-likeness (QED) is 0.616. The first kappa shape index (κ1) is 16.0. The van der Waals surface area contributed by atoms with E-state index >= 15 is 0 Å². The molecule has 0 unspecified atom stereocenters. The van der Waals surface area contributed by atoms with Gasteiger partial charge in [-0.25, -0.2) is 4.79 Å². The van der Waals surface area contributed by atoms with Crippen molar-refractivity contribution in [1.29, 1.82) is 0 Å². The van der Waals surface area contributed by atoms with Crippen molar-refractivity contribution in [3.63, 3.8) is 0 Å². The number of halogens is 1. The molecule has 1 heterocycles. The molecule has 1 saturated heterocycles. The van der Waals surface area contributed by atoms with Gasteiger partial charge in [0.2, 0.25) is 0 Å². The zero-order valence-electron chi connectivity index (χ0n) is 12.5. The maximum absolute atomic E-state index is 11.5. The number of likely N-dealkylation sites (N-methyl/N-ethyl adjacent to an activating group) is 1. The van der Waals surface area contributed by atoms with Gasteiger partial charge in [-0.2, -0.15) is 0 Å². The molecule has 0 aliphatic carbocycles. The lowest BCUT2D eigenvalue weighted by atomic mass is 10.1. The lowest BCUT2D eigenvalue weighted by Crippen LogP contribution is -2.44. The standard InChI is InChI=1S/C16H21BrN2O2/c1-3-21-16(20)7-4-13-12-14(17)5-6-15(13)19-10-8-18(2)9-11-19/h4-7,12H,3,8-11H2,1-2H3. The van der Waals surface area contributed by atoms with E-state index in [0.717, 1.165) is 41.9 Å². The fourth-order valence-electron chi connectivity index (χ4n) is 2.34. The Balaban J connectivity index is 2.19. The molecule has 1 aliphatic rings. The van der Waals surface area contributed by atoms with Crippen LogP contribution in [0.4, 0.5) is 5.69 Å². The van der Waals surface area contributed by atoms with E-state index in [-0.39, 0.29) is 5.97 Å². The van der Waals surface area contributed by atoms with Gasteiger partial charge in [0, 0.05) is 42.4 Å². The molecule has 0 radical (unpaired) electrons. The second-order valence-corrected chi connectivity index (χ2v) is 5.99. The number of hydrogen-bond acceptors (Lipinski definition) is 4. The number of esters is 1. The molecule has 0 spiro atoms. The minimum Gasteiger partial charge on any atom is -0.463 e. The summed E-state index contributed by atoms with van der Waals surface area (Å²) < 4.78 is 5.94. The summed E-state index contributed by atoms with van der Waals surface area (Å²) in [4.78, 5) is 16.2. The van der Waals surface area contributed by atoms with Crippen LogP contribution in [0.3, 0.4) is 0 Å². The van der Waals surface area contributed by atoms with Gasteiger partial charge in [0.15, 0.2) is 0 Å². The second-order valence-electron chi connectivity index (χ2n) is 5.08. The second kappa shape index (κ2) is 7.61. The van der Waals surface area contributed by atoms with Crippen LogP contribution < -0.4 is 4.90 Å². The highest BCUT2D eigenvalue weighted by Crippen LogP contribution is 2.26. The van der Waals surface area contributed by atoms with Gasteiger partial charge in [0.05, 0.1) is 6.61 Å². The van der Waals surface area contributed by atoms with Gasteiger partial charge >= 0.3 is 5.97 Å². The highest BCUT2D eigenvalue weighted by Gasteiger charge is 2.16. The smallest absolute Gasteiger partial charge is 0.330 e. The Morgan fingerprint density at radius 3 is 2.71 bits per heavy atom. The Morgan fingerprint density at radius 1 is 1.33 bits per heavy atom. The Kier molecular flexibility index (Phi) is 5.82. The van der Waals surface area contributed by atoms with Crippen LogP contribution in [0.2, 0.25) is 0 Å². The number of carbonyl (C=O) groups excluding carboxylic acids is 1. The Bertz CT molecular complexity index is 523. The maximum Gasteiger partial charge on any atom is 0.330 e. The maximum atomic E-state index is 11.5. The van der Waals surface area contributed by atoms with Crippen molar-refractivity contribution in [1.82, 2.24) is 4.90 Å². The monoisotopic (exact) mass is 352 g/mol. The summed E-state index contributed by atoms with van der Waals surface area (Å²) in [5, 5.41) is 0. The van der Waals surface area contributed by atoms with Crippen LogP contribution in [0.25, 0.3) is 6.08 Å². The van der Waals surface area contributed by atoms with E-state index in [2.05, 4.69) is 38.8 Å². The van der Waals surface area contributed by atoms with E-state index in [1.165, 1.54) is 6.08 Å². The highest BCUT2D eigenvalue weighted by atomic mass is 79.9. The molecule has 1 aromatic rings. The Labute approximate surface area is 134 Å². The van der Waals surface area contributed by atoms with Gasteiger partial charge in [-0.1, -0.05) is 15.9 Å². The zero-order valence-corrected chi connectivity index (χ0v) is 14.1. The van der Waals surface area contributed by atoms with Crippen molar-refractivity contribution >= 4 is 33.7 Å². The molecule has 1 fully saturated rings. The molecule has 0 atom stereocenters. The molecule has 1 aliphatic heterocycles. The molecule has 114 valence electrons. The summed E-state index contributed by atoms with van der Waals surface area (Å²) in [5.41, 5.74) is 2.19.